The fraction of sp³-hybridized carbons (Fsp3) is 0.348. The van der Waals surface area contributed by atoms with Gasteiger partial charge >= 0.3 is 0 Å². The molecular formula is C23H26N6OS. The summed E-state index contributed by atoms with van der Waals surface area (Å²) in [7, 11) is 1.97. The van der Waals surface area contributed by atoms with E-state index in [1.807, 2.05) is 48.3 Å². The molecule has 8 heteroatoms. The Hall–Kier alpha value is -3.13. The second kappa shape index (κ2) is 8.55. The van der Waals surface area contributed by atoms with Crippen LogP contribution in [0.25, 0.3) is 21.0 Å². The number of hydrogen-bond acceptors (Lipinski definition) is 5. The molecule has 0 amide bonds. The van der Waals surface area contributed by atoms with Gasteiger partial charge in [-0.05, 0) is 43.2 Å². The average molecular weight is 435 g/mol. The summed E-state index contributed by atoms with van der Waals surface area (Å²) in [6.07, 6.45) is 5.20. The zero-order valence-electron chi connectivity index (χ0n) is 17.8. The van der Waals surface area contributed by atoms with Crippen LogP contribution in [0.2, 0.25) is 0 Å². The van der Waals surface area contributed by atoms with E-state index in [-0.39, 0.29) is 0 Å². The highest BCUT2D eigenvalue weighted by atomic mass is 32.1. The second-order valence-corrected chi connectivity index (χ2v) is 8.83. The molecular weight excluding hydrogens is 408 g/mol. The predicted octanol–water partition coefficient (Wildman–Crippen LogP) is 4.24. The SMILES string of the molecule is CCNC(=NCc1ccc(-c2nc3ccccc3s2)o1)N1CCC(c2cnn(C)c2)C1. The summed E-state index contributed by atoms with van der Waals surface area (Å²) in [6, 6.07) is 12.1. The molecule has 1 aliphatic rings. The van der Waals surface area contributed by atoms with Crippen molar-refractivity contribution >= 4 is 27.5 Å². The van der Waals surface area contributed by atoms with Crippen molar-refractivity contribution < 1.29 is 4.42 Å². The van der Waals surface area contributed by atoms with Crippen molar-refractivity contribution in [2.24, 2.45) is 12.0 Å². The lowest BCUT2D eigenvalue weighted by Gasteiger charge is -2.21. The Morgan fingerprint density at radius 1 is 1.29 bits per heavy atom. The zero-order chi connectivity index (χ0) is 21.2. The van der Waals surface area contributed by atoms with Crippen LogP contribution in [0, 0.1) is 0 Å². The highest BCUT2D eigenvalue weighted by Gasteiger charge is 2.27. The largest absolute Gasteiger partial charge is 0.457 e. The van der Waals surface area contributed by atoms with Gasteiger partial charge in [-0.15, -0.1) is 11.3 Å². The minimum Gasteiger partial charge on any atom is -0.457 e. The van der Waals surface area contributed by atoms with Crippen LogP contribution in [0.3, 0.4) is 0 Å². The molecule has 0 bridgehead atoms. The lowest BCUT2D eigenvalue weighted by Crippen LogP contribution is -2.39. The highest BCUT2D eigenvalue weighted by Crippen LogP contribution is 2.31. The maximum absolute atomic E-state index is 6.07. The van der Waals surface area contributed by atoms with Crippen LogP contribution in [0.4, 0.5) is 0 Å². The summed E-state index contributed by atoms with van der Waals surface area (Å²) in [5.74, 6) is 3.07. The van der Waals surface area contributed by atoms with E-state index >= 15 is 0 Å². The Balaban J connectivity index is 1.29. The number of aromatic nitrogens is 3. The summed E-state index contributed by atoms with van der Waals surface area (Å²) in [5.41, 5.74) is 2.30. The van der Waals surface area contributed by atoms with E-state index < -0.39 is 0 Å². The molecule has 3 aromatic heterocycles. The fourth-order valence-electron chi connectivity index (χ4n) is 4.01. The number of nitrogens with one attached hydrogen (secondary N) is 1. The maximum Gasteiger partial charge on any atom is 0.194 e. The van der Waals surface area contributed by atoms with Crippen molar-refractivity contribution in [1.82, 2.24) is 25.0 Å². The van der Waals surface area contributed by atoms with Gasteiger partial charge in [0, 0.05) is 38.8 Å². The van der Waals surface area contributed by atoms with E-state index in [0.717, 1.165) is 54.1 Å². The van der Waals surface area contributed by atoms with Crippen LogP contribution in [0.1, 0.15) is 30.6 Å². The molecule has 31 heavy (non-hydrogen) atoms. The van der Waals surface area contributed by atoms with Crippen molar-refractivity contribution in [3.05, 3.63) is 60.1 Å². The molecule has 7 nitrogen and oxygen atoms in total. The number of hydrogen-bond donors (Lipinski definition) is 1. The van der Waals surface area contributed by atoms with Crippen LogP contribution in [0.5, 0.6) is 0 Å². The molecule has 0 spiro atoms. The number of guanidine groups is 1. The van der Waals surface area contributed by atoms with Gasteiger partial charge in [-0.1, -0.05) is 12.1 Å². The van der Waals surface area contributed by atoms with Crippen LogP contribution < -0.4 is 5.32 Å². The lowest BCUT2D eigenvalue weighted by atomic mass is 10.0. The molecule has 1 saturated heterocycles. The van der Waals surface area contributed by atoms with Gasteiger partial charge in [-0.3, -0.25) is 4.68 Å². The normalized spacial score (nSPS) is 17.0. The van der Waals surface area contributed by atoms with E-state index in [1.54, 1.807) is 11.3 Å². The van der Waals surface area contributed by atoms with Gasteiger partial charge in [0.2, 0.25) is 0 Å². The van der Waals surface area contributed by atoms with Gasteiger partial charge in [0.25, 0.3) is 0 Å². The van der Waals surface area contributed by atoms with Gasteiger partial charge in [-0.2, -0.15) is 5.10 Å². The number of aryl methyl sites for hydroxylation is 1. The van der Waals surface area contributed by atoms with E-state index in [9.17, 15) is 0 Å². The topological polar surface area (TPSA) is 71.5 Å². The monoisotopic (exact) mass is 434 g/mol. The summed E-state index contributed by atoms with van der Waals surface area (Å²) >= 11 is 1.65. The molecule has 1 N–H and O–H groups in total. The Kier molecular flexibility index (Phi) is 5.46. The fourth-order valence-corrected chi connectivity index (χ4v) is 4.94. The smallest absolute Gasteiger partial charge is 0.194 e. The average Bonchev–Trinajstić information content (AvgIpc) is 3.56. The summed E-state index contributed by atoms with van der Waals surface area (Å²) < 4.78 is 9.11. The Labute approximate surface area is 185 Å². The quantitative estimate of drug-likeness (QED) is 0.376. The standard InChI is InChI=1S/C23H26N6OS/c1-3-24-23(29-11-10-16(15-29)17-12-26-28(2)14-17)25-13-18-8-9-20(30-18)22-27-19-6-4-5-7-21(19)31-22/h4-9,12,14,16H,3,10-11,13,15H2,1-2H3,(H,24,25). The van der Waals surface area contributed by atoms with Gasteiger partial charge < -0.3 is 14.6 Å². The molecule has 5 rings (SSSR count). The molecule has 4 heterocycles. The number of nitrogens with zero attached hydrogens (tertiary/aromatic N) is 5. The molecule has 1 atom stereocenters. The number of thiazole rings is 1. The first-order chi connectivity index (χ1) is 15.2. The third kappa shape index (κ3) is 4.20. The first-order valence-electron chi connectivity index (χ1n) is 10.7. The molecule has 160 valence electrons. The summed E-state index contributed by atoms with van der Waals surface area (Å²) in [4.78, 5) is 11.9. The number of likely N-dealkylation sites (tertiary alicyclic amines) is 1. The second-order valence-electron chi connectivity index (χ2n) is 7.80. The number of fused-ring (bicyclic) bond motifs is 1. The van der Waals surface area contributed by atoms with E-state index in [2.05, 4.69) is 39.5 Å². The molecule has 1 aromatic carbocycles. The van der Waals surface area contributed by atoms with Gasteiger partial charge in [0.15, 0.2) is 16.7 Å². The van der Waals surface area contributed by atoms with Crippen molar-refractivity contribution in [2.45, 2.75) is 25.8 Å². The summed E-state index contributed by atoms with van der Waals surface area (Å²) in [6.45, 7) is 5.37. The third-order valence-corrected chi connectivity index (χ3v) is 6.62. The number of para-hydroxylation sites is 1. The Morgan fingerprint density at radius 3 is 3.00 bits per heavy atom. The first-order valence-corrected chi connectivity index (χ1v) is 11.5. The minimum atomic E-state index is 0.492. The van der Waals surface area contributed by atoms with E-state index in [1.165, 1.54) is 10.3 Å². The van der Waals surface area contributed by atoms with Gasteiger partial charge in [0.05, 0.1) is 16.4 Å². The Morgan fingerprint density at radius 2 is 2.19 bits per heavy atom. The minimum absolute atomic E-state index is 0.492. The number of aliphatic imine (C=N–C) groups is 1. The van der Waals surface area contributed by atoms with Crippen LogP contribution in [-0.4, -0.2) is 45.3 Å². The van der Waals surface area contributed by atoms with Crippen molar-refractivity contribution in [3.63, 3.8) is 0 Å². The molecule has 0 saturated carbocycles. The van der Waals surface area contributed by atoms with E-state index in [4.69, 9.17) is 9.41 Å². The number of benzene rings is 1. The third-order valence-electron chi connectivity index (χ3n) is 5.57. The van der Waals surface area contributed by atoms with Crippen LogP contribution in [0.15, 0.2) is 58.2 Å². The van der Waals surface area contributed by atoms with E-state index in [0.29, 0.717) is 12.5 Å². The van der Waals surface area contributed by atoms with Gasteiger partial charge in [-0.25, -0.2) is 9.98 Å². The van der Waals surface area contributed by atoms with Crippen molar-refractivity contribution in [3.8, 4) is 10.8 Å². The maximum atomic E-state index is 6.07. The number of rotatable bonds is 5. The molecule has 1 fully saturated rings. The van der Waals surface area contributed by atoms with Gasteiger partial charge in [0.1, 0.15) is 12.3 Å². The van der Waals surface area contributed by atoms with Crippen molar-refractivity contribution in [1.29, 1.82) is 0 Å². The molecule has 1 unspecified atom stereocenters. The first kappa shape index (κ1) is 19.8. The molecule has 0 aliphatic carbocycles. The molecule has 1 aliphatic heterocycles. The molecule has 0 radical (unpaired) electrons. The predicted molar refractivity (Wildman–Crippen MR) is 124 cm³/mol. The Bertz CT molecular complexity index is 1170. The zero-order valence-corrected chi connectivity index (χ0v) is 18.6. The number of furan rings is 1. The summed E-state index contributed by atoms with van der Waals surface area (Å²) in [5, 5.41) is 8.66. The lowest BCUT2D eigenvalue weighted by molar-refractivity contribution is 0.479. The van der Waals surface area contributed by atoms with Crippen LogP contribution in [-0.2, 0) is 13.6 Å². The van der Waals surface area contributed by atoms with Crippen LogP contribution >= 0.6 is 11.3 Å². The highest BCUT2D eigenvalue weighted by molar-refractivity contribution is 7.21. The molecule has 4 aromatic rings. The van der Waals surface area contributed by atoms with Crippen molar-refractivity contribution in [2.75, 3.05) is 19.6 Å².